The summed E-state index contributed by atoms with van der Waals surface area (Å²) < 4.78 is 4.75. The maximum absolute atomic E-state index is 11.5. The Bertz CT molecular complexity index is 542. The third kappa shape index (κ3) is 3.92. The first-order chi connectivity index (χ1) is 10.0. The number of nitrogens with zero attached hydrogens (tertiary/aromatic N) is 2. The second-order valence-electron chi connectivity index (χ2n) is 5.11. The van der Waals surface area contributed by atoms with E-state index in [4.69, 9.17) is 16.3 Å². The number of piperidine rings is 1. The molecule has 1 aliphatic rings. The van der Waals surface area contributed by atoms with Gasteiger partial charge < -0.3 is 4.74 Å². The minimum atomic E-state index is -0.427. The number of carbonyl (C=O) groups is 1. The summed E-state index contributed by atoms with van der Waals surface area (Å²) in [6, 6.07) is 4.46. The van der Waals surface area contributed by atoms with Crippen molar-refractivity contribution in [2.75, 3.05) is 20.2 Å². The molecule has 1 aromatic rings. The van der Waals surface area contributed by atoms with Crippen LogP contribution in [0.4, 0.5) is 5.69 Å². The summed E-state index contributed by atoms with van der Waals surface area (Å²) in [5.74, 6) is -0.213. The van der Waals surface area contributed by atoms with Gasteiger partial charge in [-0.25, -0.2) is 0 Å². The Morgan fingerprint density at radius 1 is 1.48 bits per heavy atom. The van der Waals surface area contributed by atoms with Crippen molar-refractivity contribution in [3.63, 3.8) is 0 Å². The van der Waals surface area contributed by atoms with E-state index in [1.54, 1.807) is 6.07 Å². The Kier molecular flexibility index (Phi) is 5.14. The Morgan fingerprint density at radius 3 is 2.71 bits per heavy atom. The first kappa shape index (κ1) is 15.7. The molecule has 1 aliphatic heterocycles. The van der Waals surface area contributed by atoms with Crippen LogP contribution in [0.2, 0.25) is 5.02 Å². The van der Waals surface area contributed by atoms with E-state index in [2.05, 4.69) is 4.90 Å². The normalized spacial score (nSPS) is 16.7. The summed E-state index contributed by atoms with van der Waals surface area (Å²) in [5.41, 5.74) is 0.779. The zero-order chi connectivity index (χ0) is 15.4. The lowest BCUT2D eigenvalue weighted by molar-refractivity contribution is -0.384. The number of hydrogen-bond donors (Lipinski definition) is 0. The number of hydrogen-bond acceptors (Lipinski definition) is 5. The number of benzene rings is 1. The average molecular weight is 313 g/mol. The lowest BCUT2D eigenvalue weighted by atomic mass is 9.96. The van der Waals surface area contributed by atoms with E-state index < -0.39 is 4.92 Å². The summed E-state index contributed by atoms with van der Waals surface area (Å²) in [4.78, 5) is 24.0. The highest BCUT2D eigenvalue weighted by atomic mass is 35.5. The van der Waals surface area contributed by atoms with Gasteiger partial charge in [0.15, 0.2) is 0 Å². The highest BCUT2D eigenvalue weighted by Gasteiger charge is 2.26. The van der Waals surface area contributed by atoms with Crippen LogP contribution in [0, 0.1) is 16.0 Å². The van der Waals surface area contributed by atoms with Crippen molar-refractivity contribution >= 4 is 23.3 Å². The fourth-order valence-electron chi connectivity index (χ4n) is 2.53. The molecule has 1 saturated heterocycles. The van der Waals surface area contributed by atoms with Crippen LogP contribution in [-0.2, 0) is 16.1 Å². The smallest absolute Gasteiger partial charge is 0.308 e. The quantitative estimate of drug-likeness (QED) is 0.485. The van der Waals surface area contributed by atoms with Crippen LogP contribution in [0.1, 0.15) is 18.4 Å². The standard InChI is InChI=1S/C14H17ClN2O4/c1-21-14(18)10-4-6-16(7-5-10)9-11-8-12(17(19)20)2-3-13(11)15/h2-3,8,10H,4-7,9H2,1H3. The summed E-state index contributed by atoms with van der Waals surface area (Å²) in [6.45, 7) is 2.05. The number of likely N-dealkylation sites (tertiary alicyclic amines) is 1. The lowest BCUT2D eigenvalue weighted by Gasteiger charge is -2.30. The highest BCUT2D eigenvalue weighted by molar-refractivity contribution is 6.31. The molecule has 0 bridgehead atoms. The minimum Gasteiger partial charge on any atom is -0.469 e. The molecule has 1 fully saturated rings. The molecule has 0 spiro atoms. The average Bonchev–Trinajstić information content (AvgIpc) is 2.49. The molecule has 114 valence electrons. The second kappa shape index (κ2) is 6.87. The number of nitro benzene ring substituents is 1. The van der Waals surface area contributed by atoms with E-state index in [0.717, 1.165) is 31.5 Å². The van der Waals surface area contributed by atoms with Crippen molar-refractivity contribution in [3.8, 4) is 0 Å². The van der Waals surface area contributed by atoms with Crippen LogP contribution in [0.3, 0.4) is 0 Å². The minimum absolute atomic E-state index is 0.0406. The molecule has 0 amide bonds. The van der Waals surface area contributed by atoms with Gasteiger partial charge >= 0.3 is 5.97 Å². The molecule has 1 heterocycles. The molecule has 1 aromatic carbocycles. The summed E-state index contributed by atoms with van der Waals surface area (Å²) in [7, 11) is 1.40. The van der Waals surface area contributed by atoms with Crippen molar-refractivity contribution in [2.45, 2.75) is 19.4 Å². The van der Waals surface area contributed by atoms with E-state index in [1.165, 1.54) is 19.2 Å². The van der Waals surface area contributed by atoms with E-state index >= 15 is 0 Å². The van der Waals surface area contributed by atoms with E-state index in [-0.39, 0.29) is 17.6 Å². The van der Waals surface area contributed by atoms with Crippen molar-refractivity contribution in [2.24, 2.45) is 5.92 Å². The van der Waals surface area contributed by atoms with Gasteiger partial charge in [0.2, 0.25) is 0 Å². The Labute approximate surface area is 127 Å². The second-order valence-corrected chi connectivity index (χ2v) is 5.51. The lowest BCUT2D eigenvalue weighted by Crippen LogP contribution is -2.36. The first-order valence-corrected chi connectivity index (χ1v) is 7.12. The fraction of sp³-hybridized carbons (Fsp3) is 0.500. The van der Waals surface area contributed by atoms with E-state index in [0.29, 0.717) is 11.6 Å². The van der Waals surface area contributed by atoms with Crippen molar-refractivity contribution in [3.05, 3.63) is 38.9 Å². The Morgan fingerprint density at radius 2 is 2.14 bits per heavy atom. The van der Waals surface area contributed by atoms with Gasteiger partial charge in [-0.3, -0.25) is 19.8 Å². The Hall–Kier alpha value is -1.66. The monoisotopic (exact) mass is 312 g/mol. The largest absolute Gasteiger partial charge is 0.469 e. The van der Waals surface area contributed by atoms with Crippen LogP contribution in [-0.4, -0.2) is 36.0 Å². The molecule has 0 aromatic heterocycles. The molecule has 6 nitrogen and oxygen atoms in total. The SMILES string of the molecule is COC(=O)C1CCN(Cc2cc([N+](=O)[O-])ccc2Cl)CC1. The number of halogens is 1. The topological polar surface area (TPSA) is 72.7 Å². The van der Waals surface area contributed by atoms with Gasteiger partial charge in [-0.05, 0) is 37.6 Å². The molecule has 0 saturated carbocycles. The third-order valence-electron chi connectivity index (χ3n) is 3.76. The van der Waals surface area contributed by atoms with Crippen molar-refractivity contribution in [1.29, 1.82) is 0 Å². The van der Waals surface area contributed by atoms with Gasteiger partial charge in [0.25, 0.3) is 5.69 Å². The van der Waals surface area contributed by atoms with Crippen LogP contribution >= 0.6 is 11.6 Å². The summed E-state index contributed by atoms with van der Waals surface area (Å²) >= 11 is 6.10. The first-order valence-electron chi connectivity index (χ1n) is 6.74. The maximum atomic E-state index is 11.5. The number of rotatable bonds is 4. The van der Waals surface area contributed by atoms with Gasteiger partial charge in [0, 0.05) is 23.7 Å². The summed E-state index contributed by atoms with van der Waals surface area (Å²) in [6.07, 6.45) is 1.47. The summed E-state index contributed by atoms with van der Waals surface area (Å²) in [5, 5.41) is 11.3. The molecule has 0 radical (unpaired) electrons. The molecule has 21 heavy (non-hydrogen) atoms. The molecule has 2 rings (SSSR count). The third-order valence-corrected chi connectivity index (χ3v) is 4.12. The molecule has 0 atom stereocenters. The van der Waals surface area contributed by atoms with Gasteiger partial charge in [-0.1, -0.05) is 11.6 Å². The number of carbonyl (C=O) groups excluding carboxylic acids is 1. The molecule has 0 N–H and O–H groups in total. The molecule has 0 unspecified atom stereocenters. The Balaban J connectivity index is 1.99. The van der Waals surface area contributed by atoms with Crippen LogP contribution in [0.25, 0.3) is 0 Å². The highest BCUT2D eigenvalue weighted by Crippen LogP contribution is 2.26. The molecular weight excluding hydrogens is 296 g/mol. The number of nitro groups is 1. The number of esters is 1. The number of ether oxygens (including phenoxy) is 1. The predicted molar refractivity (Wildman–Crippen MR) is 78.1 cm³/mol. The van der Waals surface area contributed by atoms with Crippen LogP contribution in [0.5, 0.6) is 0 Å². The van der Waals surface area contributed by atoms with Gasteiger partial charge in [-0.2, -0.15) is 0 Å². The zero-order valence-electron chi connectivity index (χ0n) is 11.8. The van der Waals surface area contributed by atoms with Crippen molar-refractivity contribution in [1.82, 2.24) is 4.90 Å². The zero-order valence-corrected chi connectivity index (χ0v) is 12.5. The van der Waals surface area contributed by atoms with Gasteiger partial charge in [-0.15, -0.1) is 0 Å². The van der Waals surface area contributed by atoms with E-state index in [1.807, 2.05) is 0 Å². The van der Waals surface area contributed by atoms with Crippen LogP contribution in [0.15, 0.2) is 18.2 Å². The molecular formula is C14H17ClN2O4. The van der Waals surface area contributed by atoms with Crippen molar-refractivity contribution < 1.29 is 14.5 Å². The molecule has 7 heteroatoms. The molecule has 0 aliphatic carbocycles. The number of methoxy groups -OCH3 is 1. The van der Waals surface area contributed by atoms with Gasteiger partial charge in [0.1, 0.15) is 0 Å². The number of non-ortho nitro benzene ring substituents is 1. The predicted octanol–water partition coefficient (Wildman–Crippen LogP) is 2.63. The maximum Gasteiger partial charge on any atom is 0.308 e. The van der Waals surface area contributed by atoms with Crippen LogP contribution < -0.4 is 0 Å². The van der Waals surface area contributed by atoms with E-state index in [9.17, 15) is 14.9 Å². The van der Waals surface area contributed by atoms with Gasteiger partial charge in [0.05, 0.1) is 18.0 Å². The fourth-order valence-corrected chi connectivity index (χ4v) is 2.71.